The lowest BCUT2D eigenvalue weighted by molar-refractivity contribution is -0.261. The molecule has 7 atom stereocenters. The van der Waals surface area contributed by atoms with Crippen LogP contribution in [0.25, 0.3) is 0 Å². The lowest BCUT2D eigenvalue weighted by Crippen LogP contribution is -2.63. The van der Waals surface area contributed by atoms with Gasteiger partial charge in [-0.15, -0.1) is 0 Å². The number of amides is 1. The first-order valence-corrected chi connectivity index (χ1v) is 6.53. The highest BCUT2D eigenvalue weighted by molar-refractivity contribution is 5.83. The number of ether oxygens (including phenoxy) is 2. The maximum absolute atomic E-state index is 11.8. The fraction of sp³-hybridized carbons (Fsp3) is 0.833. The second-order valence-electron chi connectivity index (χ2n) is 4.91. The van der Waals surface area contributed by atoms with Gasteiger partial charge in [-0.3, -0.25) is 9.59 Å². The van der Waals surface area contributed by atoms with E-state index in [-0.39, 0.29) is 0 Å². The molecule has 1 aliphatic heterocycles. The van der Waals surface area contributed by atoms with Gasteiger partial charge in [-0.1, -0.05) is 0 Å². The van der Waals surface area contributed by atoms with E-state index >= 15 is 0 Å². The molecule has 21 heavy (non-hydrogen) atoms. The molecule has 1 unspecified atom stereocenters. The van der Waals surface area contributed by atoms with Crippen molar-refractivity contribution in [3.05, 3.63) is 0 Å². The Morgan fingerprint density at radius 1 is 1.48 bits per heavy atom. The van der Waals surface area contributed by atoms with Gasteiger partial charge in [-0.05, 0) is 13.8 Å². The number of aliphatic hydroxyl groups is 3. The molecule has 1 fully saturated rings. The summed E-state index contributed by atoms with van der Waals surface area (Å²) in [5, 5.41) is 31.0. The summed E-state index contributed by atoms with van der Waals surface area (Å²) < 4.78 is 10.3. The molecule has 0 bridgehead atoms. The summed E-state index contributed by atoms with van der Waals surface area (Å²) in [4.78, 5) is 22.1. The lowest BCUT2D eigenvalue weighted by Gasteiger charge is -2.41. The summed E-state index contributed by atoms with van der Waals surface area (Å²) in [6, 6.07) is -1.89. The molecule has 1 aliphatic rings. The third-order valence-electron chi connectivity index (χ3n) is 3.19. The molecule has 1 heterocycles. The van der Waals surface area contributed by atoms with Crippen molar-refractivity contribution in [1.82, 2.24) is 5.32 Å². The molecule has 0 aromatic carbocycles. The van der Waals surface area contributed by atoms with Crippen molar-refractivity contribution in [1.29, 1.82) is 0 Å². The minimum Gasteiger partial charge on any atom is -0.394 e. The van der Waals surface area contributed by atoms with E-state index < -0.39 is 55.3 Å². The zero-order valence-electron chi connectivity index (χ0n) is 11.8. The first-order valence-electron chi connectivity index (χ1n) is 6.53. The second-order valence-corrected chi connectivity index (χ2v) is 4.91. The standard InChI is InChI=1S/C12H21N2O7/c1-5(3-15)14-11(18)6(2)20-10-8(13)12(19)21-7(4-16)9(10)17/h5-10,12,16-17,19H,4,13H2,1-2H3,(H,14,18)/t5-,6?,7+,8+,9+,10+,12-/m0/s1. The summed E-state index contributed by atoms with van der Waals surface area (Å²) in [7, 11) is 0. The van der Waals surface area contributed by atoms with Gasteiger partial charge in [0.05, 0.1) is 18.7 Å². The third-order valence-corrected chi connectivity index (χ3v) is 3.19. The Bertz CT molecular complexity index is 368. The predicted octanol–water partition coefficient (Wildman–Crippen LogP) is -3.23. The van der Waals surface area contributed by atoms with Gasteiger partial charge in [-0.2, -0.15) is 0 Å². The number of hydrogen-bond donors (Lipinski definition) is 5. The predicted molar refractivity (Wildman–Crippen MR) is 69.6 cm³/mol. The van der Waals surface area contributed by atoms with Crippen molar-refractivity contribution in [3.63, 3.8) is 0 Å². The van der Waals surface area contributed by atoms with Crippen molar-refractivity contribution in [2.75, 3.05) is 6.61 Å². The second kappa shape index (κ2) is 7.78. The van der Waals surface area contributed by atoms with Crippen LogP contribution in [0.15, 0.2) is 0 Å². The molecule has 0 aromatic heterocycles. The Morgan fingerprint density at radius 3 is 2.62 bits per heavy atom. The van der Waals surface area contributed by atoms with Crippen molar-refractivity contribution in [2.24, 2.45) is 5.73 Å². The number of nitrogens with two attached hydrogens (primary N) is 1. The van der Waals surface area contributed by atoms with Crippen LogP contribution in [0.5, 0.6) is 0 Å². The van der Waals surface area contributed by atoms with Crippen molar-refractivity contribution < 1.29 is 34.4 Å². The molecule has 1 saturated heterocycles. The number of carbonyl (C=O) groups excluding carboxylic acids is 2. The van der Waals surface area contributed by atoms with E-state index in [1.54, 1.807) is 6.29 Å². The van der Waals surface area contributed by atoms with E-state index in [1.807, 2.05) is 0 Å². The fourth-order valence-corrected chi connectivity index (χ4v) is 1.93. The van der Waals surface area contributed by atoms with E-state index in [0.717, 1.165) is 0 Å². The van der Waals surface area contributed by atoms with Crippen molar-refractivity contribution in [3.8, 4) is 0 Å². The summed E-state index contributed by atoms with van der Waals surface area (Å²) in [6.07, 6.45) is -4.36. The van der Waals surface area contributed by atoms with Gasteiger partial charge in [0, 0.05) is 0 Å². The molecule has 0 aromatic rings. The van der Waals surface area contributed by atoms with Crippen LogP contribution >= 0.6 is 0 Å². The molecule has 9 heteroatoms. The number of hydrogen-bond acceptors (Lipinski definition) is 8. The van der Waals surface area contributed by atoms with Crippen LogP contribution < -0.4 is 11.1 Å². The third kappa shape index (κ3) is 4.43. The number of aliphatic hydroxyl groups excluding tert-OH is 3. The minimum absolute atomic E-state index is 0.539. The average molecular weight is 305 g/mol. The minimum atomic E-state index is -1.44. The molecule has 1 rings (SSSR count). The Balaban J connectivity index is 2.69. The van der Waals surface area contributed by atoms with Crippen molar-refractivity contribution in [2.45, 2.75) is 56.6 Å². The molecule has 0 aliphatic carbocycles. The quantitative estimate of drug-likeness (QED) is 0.343. The monoisotopic (exact) mass is 305 g/mol. The highest BCUT2D eigenvalue weighted by atomic mass is 16.6. The average Bonchev–Trinajstić information content (AvgIpc) is 2.46. The first kappa shape index (κ1) is 18.0. The van der Waals surface area contributed by atoms with Gasteiger partial charge in [0.25, 0.3) is 0 Å². The Hall–Kier alpha value is -1.10. The summed E-state index contributed by atoms with van der Waals surface area (Å²) in [6.45, 7) is 2.31. The zero-order chi connectivity index (χ0) is 16.2. The van der Waals surface area contributed by atoms with Crippen molar-refractivity contribution >= 4 is 12.2 Å². The molecule has 121 valence electrons. The fourth-order valence-electron chi connectivity index (χ4n) is 1.93. The largest absolute Gasteiger partial charge is 0.394 e. The van der Waals surface area contributed by atoms with E-state index in [0.29, 0.717) is 0 Å². The maximum Gasteiger partial charge on any atom is 0.249 e. The Kier molecular flexibility index (Phi) is 6.65. The summed E-state index contributed by atoms with van der Waals surface area (Å²) in [5.74, 6) is -0.591. The highest BCUT2D eigenvalue weighted by Gasteiger charge is 2.44. The molecule has 9 nitrogen and oxygen atoms in total. The van der Waals surface area contributed by atoms with Crippen LogP contribution in [0.3, 0.4) is 0 Å². The topological polar surface area (TPSA) is 151 Å². The Labute approximate surface area is 122 Å². The van der Waals surface area contributed by atoms with E-state index in [1.165, 1.54) is 13.8 Å². The van der Waals surface area contributed by atoms with Crippen LogP contribution in [0, 0.1) is 0 Å². The first-order chi connectivity index (χ1) is 9.81. The van der Waals surface area contributed by atoms with Gasteiger partial charge < -0.3 is 35.8 Å². The zero-order valence-corrected chi connectivity index (χ0v) is 11.8. The Morgan fingerprint density at radius 2 is 2.10 bits per heavy atom. The normalized spacial score (nSPS) is 35.8. The molecule has 0 saturated carbocycles. The van der Waals surface area contributed by atoms with Crippen LogP contribution in [0.4, 0.5) is 0 Å². The molecule has 1 radical (unpaired) electrons. The van der Waals surface area contributed by atoms with Gasteiger partial charge in [0.1, 0.15) is 24.4 Å². The number of carbonyl (C=O) groups is 1. The summed E-state index contributed by atoms with van der Waals surface area (Å²) in [5.41, 5.74) is 5.67. The SMILES string of the molecule is CC(O[C@@H]1[C@@H](N)[C@@H](O)O[C@H](CO)[C@H]1O)C(=O)N[C@@H](C)[C]=O. The lowest BCUT2D eigenvalue weighted by atomic mass is 9.97. The molecule has 1 amide bonds. The molecular formula is C12H21N2O7. The van der Waals surface area contributed by atoms with Crippen LogP contribution in [-0.4, -0.2) is 76.9 Å². The van der Waals surface area contributed by atoms with E-state index in [9.17, 15) is 19.8 Å². The molecule has 0 spiro atoms. The van der Waals surface area contributed by atoms with Gasteiger partial charge in [0.15, 0.2) is 6.29 Å². The van der Waals surface area contributed by atoms with Gasteiger partial charge in [0.2, 0.25) is 12.2 Å². The van der Waals surface area contributed by atoms with Crippen LogP contribution in [0.2, 0.25) is 0 Å². The molecular weight excluding hydrogens is 284 g/mol. The van der Waals surface area contributed by atoms with Crippen LogP contribution in [-0.2, 0) is 19.1 Å². The van der Waals surface area contributed by atoms with E-state index in [2.05, 4.69) is 5.32 Å². The summed E-state index contributed by atoms with van der Waals surface area (Å²) >= 11 is 0. The number of nitrogens with one attached hydrogen (secondary N) is 1. The number of rotatable bonds is 6. The maximum atomic E-state index is 11.8. The molecule has 6 N–H and O–H groups in total. The van der Waals surface area contributed by atoms with E-state index in [4.69, 9.17) is 20.3 Å². The van der Waals surface area contributed by atoms with Gasteiger partial charge in [-0.25, -0.2) is 0 Å². The van der Waals surface area contributed by atoms with Crippen LogP contribution in [0.1, 0.15) is 13.8 Å². The highest BCUT2D eigenvalue weighted by Crippen LogP contribution is 2.22. The smallest absolute Gasteiger partial charge is 0.249 e. The van der Waals surface area contributed by atoms with Gasteiger partial charge >= 0.3 is 0 Å².